The van der Waals surface area contributed by atoms with Gasteiger partial charge in [-0.1, -0.05) is 36.8 Å². The van der Waals surface area contributed by atoms with E-state index in [-0.39, 0.29) is 12.8 Å². The number of carbonyl (C=O) groups is 2. The van der Waals surface area contributed by atoms with Gasteiger partial charge in [-0.15, -0.1) is 0 Å². The Morgan fingerprint density at radius 1 is 0.778 bits per heavy atom. The number of aliphatic carboxylic acids is 2. The average molecular weight is 489 g/mol. The first-order valence-corrected chi connectivity index (χ1v) is 12.6. The fraction of sp³-hybridized carbons (Fsp3) is 0.345. The van der Waals surface area contributed by atoms with E-state index in [0.717, 1.165) is 71.2 Å². The molecule has 0 atom stereocenters. The minimum Gasteiger partial charge on any atom is -0.494 e. The molecule has 0 saturated heterocycles. The third-order valence-corrected chi connectivity index (χ3v) is 6.30. The number of carboxylic acids is 2. The number of rotatable bonds is 14. The Morgan fingerprint density at radius 2 is 1.47 bits per heavy atom. The topological polar surface area (TPSA) is 102 Å². The van der Waals surface area contributed by atoms with Gasteiger partial charge < -0.3 is 19.5 Å². The lowest BCUT2D eigenvalue weighted by Crippen LogP contribution is -2.02. The van der Waals surface area contributed by atoms with Crippen LogP contribution in [0.4, 0.5) is 0 Å². The van der Waals surface area contributed by atoms with E-state index >= 15 is 0 Å². The zero-order chi connectivity index (χ0) is 25.3. The molecular formula is C29H32N2O5. The van der Waals surface area contributed by atoms with Crippen molar-refractivity contribution in [1.82, 2.24) is 9.55 Å². The molecule has 7 nitrogen and oxygen atoms in total. The first-order chi connectivity index (χ1) is 17.5. The van der Waals surface area contributed by atoms with Gasteiger partial charge in [-0.05, 0) is 73.2 Å². The smallest absolute Gasteiger partial charge is 0.303 e. The van der Waals surface area contributed by atoms with Gasteiger partial charge in [0.2, 0.25) is 0 Å². The second-order valence-electron chi connectivity index (χ2n) is 9.06. The van der Waals surface area contributed by atoms with Crippen LogP contribution in [0.1, 0.15) is 51.4 Å². The van der Waals surface area contributed by atoms with Gasteiger partial charge in [-0.2, -0.15) is 0 Å². The quantitative estimate of drug-likeness (QED) is 0.196. The number of nitrogens with zero attached hydrogens (tertiary/aromatic N) is 2. The van der Waals surface area contributed by atoms with E-state index in [0.29, 0.717) is 19.4 Å². The van der Waals surface area contributed by atoms with Gasteiger partial charge in [-0.25, -0.2) is 4.98 Å². The molecule has 0 bridgehead atoms. The summed E-state index contributed by atoms with van der Waals surface area (Å²) in [6, 6.07) is 20.5. The van der Waals surface area contributed by atoms with E-state index in [9.17, 15) is 9.59 Å². The number of fused-ring (bicyclic) bond motifs is 2. The fourth-order valence-electron chi connectivity index (χ4n) is 4.44. The molecule has 0 radical (unpaired) electrons. The highest BCUT2D eigenvalue weighted by Crippen LogP contribution is 2.30. The highest BCUT2D eigenvalue weighted by atomic mass is 16.5. The Bertz CT molecular complexity index is 1340. The molecule has 0 fully saturated rings. The van der Waals surface area contributed by atoms with Crippen LogP contribution in [-0.4, -0.2) is 38.3 Å². The Kier molecular flexibility index (Phi) is 8.55. The fourth-order valence-corrected chi connectivity index (χ4v) is 4.44. The molecule has 0 unspecified atom stereocenters. The van der Waals surface area contributed by atoms with Gasteiger partial charge >= 0.3 is 11.9 Å². The third kappa shape index (κ3) is 6.62. The molecule has 0 aliphatic heterocycles. The summed E-state index contributed by atoms with van der Waals surface area (Å²) in [6.07, 6.45) is 5.19. The number of para-hydroxylation sites is 2. The summed E-state index contributed by atoms with van der Waals surface area (Å²) in [6.45, 7) is 1.35. The van der Waals surface area contributed by atoms with E-state index in [2.05, 4.69) is 34.9 Å². The molecule has 0 aliphatic carbocycles. The molecular weight excluding hydrogens is 456 g/mol. The molecule has 2 N–H and O–H groups in total. The van der Waals surface area contributed by atoms with Crippen LogP contribution in [0.3, 0.4) is 0 Å². The monoisotopic (exact) mass is 488 g/mol. The van der Waals surface area contributed by atoms with E-state index in [4.69, 9.17) is 19.9 Å². The van der Waals surface area contributed by atoms with Crippen molar-refractivity contribution in [2.24, 2.45) is 0 Å². The van der Waals surface area contributed by atoms with Crippen LogP contribution in [0.15, 0.2) is 60.7 Å². The number of hydrogen-bond donors (Lipinski definition) is 2. The molecule has 4 rings (SSSR count). The van der Waals surface area contributed by atoms with Crippen molar-refractivity contribution in [3.63, 3.8) is 0 Å². The van der Waals surface area contributed by atoms with E-state index in [1.165, 1.54) is 0 Å². The first-order valence-electron chi connectivity index (χ1n) is 12.6. The Hall–Kier alpha value is -3.87. The zero-order valence-corrected chi connectivity index (χ0v) is 20.4. The maximum Gasteiger partial charge on any atom is 0.303 e. The number of aromatic nitrogens is 2. The summed E-state index contributed by atoms with van der Waals surface area (Å²) >= 11 is 0. The third-order valence-electron chi connectivity index (χ3n) is 6.30. The van der Waals surface area contributed by atoms with Crippen molar-refractivity contribution in [3.8, 4) is 17.1 Å². The molecule has 1 heterocycles. The number of aryl methyl sites for hydroxylation is 1. The van der Waals surface area contributed by atoms with Crippen molar-refractivity contribution in [3.05, 3.63) is 60.7 Å². The maximum atomic E-state index is 10.8. The number of hydrogen-bond acceptors (Lipinski definition) is 4. The largest absolute Gasteiger partial charge is 0.494 e. The Balaban J connectivity index is 1.47. The second kappa shape index (κ2) is 12.2. The molecule has 1 aromatic heterocycles. The summed E-state index contributed by atoms with van der Waals surface area (Å²) < 4.78 is 8.11. The SMILES string of the molecule is O=C(O)CCCCCOc1ccc2cc(-c3nc4ccccc4n3CCCCCC(=O)O)ccc2c1. The van der Waals surface area contributed by atoms with Crippen LogP contribution in [0.5, 0.6) is 5.75 Å². The highest BCUT2D eigenvalue weighted by molar-refractivity contribution is 5.89. The predicted molar refractivity (Wildman–Crippen MR) is 140 cm³/mol. The minimum absolute atomic E-state index is 0.205. The maximum absolute atomic E-state index is 10.8. The number of carboxylic acid groups (broad SMARTS) is 2. The number of ether oxygens (including phenoxy) is 1. The standard InChI is InChI=1S/C29H32N2O5/c32-27(33)11-3-1-7-17-31-26-10-6-5-9-25(26)30-29(31)23-14-13-22-20-24(16-15-21(22)19-23)36-18-8-2-4-12-28(34)35/h5-6,9-10,13-16,19-20H,1-4,7-8,11-12,17-18H2,(H,32,33)(H,34,35). The van der Waals surface area contributed by atoms with E-state index in [1.54, 1.807) is 0 Å². The van der Waals surface area contributed by atoms with Gasteiger partial charge in [0.1, 0.15) is 11.6 Å². The molecule has 36 heavy (non-hydrogen) atoms. The molecule has 0 spiro atoms. The van der Waals surface area contributed by atoms with Crippen LogP contribution < -0.4 is 4.74 Å². The van der Waals surface area contributed by atoms with Crippen LogP contribution in [0, 0.1) is 0 Å². The van der Waals surface area contributed by atoms with E-state index < -0.39 is 11.9 Å². The van der Waals surface area contributed by atoms with Crippen LogP contribution in [0.2, 0.25) is 0 Å². The van der Waals surface area contributed by atoms with E-state index in [1.807, 2.05) is 30.3 Å². The number of benzene rings is 3. The van der Waals surface area contributed by atoms with Crippen molar-refractivity contribution in [1.29, 1.82) is 0 Å². The van der Waals surface area contributed by atoms with Crippen LogP contribution >= 0.6 is 0 Å². The van der Waals surface area contributed by atoms with Crippen molar-refractivity contribution in [2.75, 3.05) is 6.61 Å². The van der Waals surface area contributed by atoms with Gasteiger partial charge in [0.25, 0.3) is 0 Å². The summed E-state index contributed by atoms with van der Waals surface area (Å²) in [5.41, 5.74) is 3.07. The molecule has 7 heteroatoms. The summed E-state index contributed by atoms with van der Waals surface area (Å²) in [5, 5.41) is 19.8. The normalized spacial score (nSPS) is 11.2. The predicted octanol–water partition coefficient (Wildman–Crippen LogP) is 6.53. The summed E-state index contributed by atoms with van der Waals surface area (Å²) in [4.78, 5) is 26.3. The van der Waals surface area contributed by atoms with Crippen molar-refractivity contribution < 1.29 is 24.5 Å². The van der Waals surface area contributed by atoms with Crippen LogP contribution in [-0.2, 0) is 16.1 Å². The summed E-state index contributed by atoms with van der Waals surface area (Å²) in [7, 11) is 0. The number of imidazole rings is 1. The molecule has 0 saturated carbocycles. The van der Waals surface area contributed by atoms with Crippen molar-refractivity contribution in [2.45, 2.75) is 57.9 Å². The first kappa shape index (κ1) is 25.2. The molecule has 3 aromatic carbocycles. The van der Waals surface area contributed by atoms with Crippen LogP contribution in [0.25, 0.3) is 33.2 Å². The van der Waals surface area contributed by atoms with Gasteiger partial charge in [0.15, 0.2) is 0 Å². The Morgan fingerprint density at radius 3 is 2.25 bits per heavy atom. The lowest BCUT2D eigenvalue weighted by atomic mass is 10.1. The molecule has 0 aliphatic rings. The average Bonchev–Trinajstić information content (AvgIpc) is 3.24. The highest BCUT2D eigenvalue weighted by Gasteiger charge is 2.13. The molecule has 0 amide bonds. The zero-order valence-electron chi connectivity index (χ0n) is 20.4. The van der Waals surface area contributed by atoms with Gasteiger partial charge in [0, 0.05) is 24.9 Å². The lowest BCUT2D eigenvalue weighted by molar-refractivity contribution is -0.138. The van der Waals surface area contributed by atoms with Crippen molar-refractivity contribution >= 4 is 33.7 Å². The lowest BCUT2D eigenvalue weighted by Gasteiger charge is -2.11. The van der Waals surface area contributed by atoms with Gasteiger partial charge in [0.05, 0.1) is 17.6 Å². The summed E-state index contributed by atoms with van der Waals surface area (Å²) in [5.74, 6) is 0.223. The minimum atomic E-state index is -0.754. The number of unbranched alkanes of at least 4 members (excludes halogenated alkanes) is 4. The van der Waals surface area contributed by atoms with Gasteiger partial charge in [-0.3, -0.25) is 9.59 Å². The Labute approximate surface area is 210 Å². The second-order valence-corrected chi connectivity index (χ2v) is 9.06. The molecule has 188 valence electrons. The molecule has 4 aromatic rings.